The summed E-state index contributed by atoms with van der Waals surface area (Å²) in [4.78, 5) is 4.59. The molecule has 90 valence electrons. The van der Waals surface area contributed by atoms with Crippen LogP contribution in [0.15, 0.2) is 30.3 Å². The van der Waals surface area contributed by atoms with Crippen molar-refractivity contribution in [3.63, 3.8) is 0 Å². The normalized spacial score (nSPS) is 10.9. The van der Waals surface area contributed by atoms with Crippen LogP contribution in [0.4, 0.5) is 5.69 Å². The van der Waals surface area contributed by atoms with E-state index in [-0.39, 0.29) is 0 Å². The van der Waals surface area contributed by atoms with E-state index >= 15 is 0 Å². The van der Waals surface area contributed by atoms with Gasteiger partial charge in [0.05, 0.1) is 11.2 Å². The lowest BCUT2D eigenvalue weighted by molar-refractivity contribution is 0.634. The number of rotatable bonds is 5. The van der Waals surface area contributed by atoms with Crippen molar-refractivity contribution < 1.29 is 0 Å². The molecule has 0 radical (unpaired) electrons. The summed E-state index contributed by atoms with van der Waals surface area (Å²) in [7, 11) is 0. The number of nitrogens with one attached hydrogen (secondary N) is 1. The van der Waals surface area contributed by atoms with Gasteiger partial charge >= 0.3 is 0 Å². The van der Waals surface area contributed by atoms with Crippen LogP contribution in [0.1, 0.15) is 25.5 Å². The highest BCUT2D eigenvalue weighted by atomic mass is 14.9. The molecule has 0 aliphatic rings. The van der Waals surface area contributed by atoms with Gasteiger partial charge in [-0.15, -0.1) is 0 Å². The predicted octanol–water partition coefficient (Wildman–Crippen LogP) is 2.71. The molecule has 0 aliphatic heterocycles. The number of para-hydroxylation sites is 1. The van der Waals surface area contributed by atoms with Crippen LogP contribution in [-0.2, 0) is 6.54 Å². The number of nitrogens with two attached hydrogens (primary N) is 1. The van der Waals surface area contributed by atoms with Crippen molar-refractivity contribution in [1.82, 2.24) is 10.3 Å². The van der Waals surface area contributed by atoms with Crippen molar-refractivity contribution in [2.45, 2.75) is 26.3 Å². The molecule has 0 spiro atoms. The van der Waals surface area contributed by atoms with Crippen LogP contribution in [0.25, 0.3) is 10.9 Å². The summed E-state index contributed by atoms with van der Waals surface area (Å²) in [5.41, 5.74) is 8.81. The van der Waals surface area contributed by atoms with Crippen molar-refractivity contribution in [3.05, 3.63) is 36.0 Å². The minimum Gasteiger partial charge on any atom is -0.398 e. The highest BCUT2D eigenvalue weighted by Crippen LogP contribution is 2.19. The molecule has 1 aromatic carbocycles. The molecule has 0 bridgehead atoms. The van der Waals surface area contributed by atoms with E-state index in [0.717, 1.165) is 35.4 Å². The number of nitrogen functional groups attached to an aromatic ring is 1. The number of hydrogen-bond acceptors (Lipinski definition) is 3. The number of nitrogens with zero attached hydrogens (tertiary/aromatic N) is 1. The van der Waals surface area contributed by atoms with Gasteiger partial charge in [0.2, 0.25) is 0 Å². The van der Waals surface area contributed by atoms with Gasteiger partial charge in [-0.2, -0.15) is 0 Å². The number of pyridine rings is 1. The third-order valence-corrected chi connectivity index (χ3v) is 2.81. The van der Waals surface area contributed by atoms with Crippen molar-refractivity contribution in [2.75, 3.05) is 12.3 Å². The van der Waals surface area contributed by atoms with E-state index in [1.807, 2.05) is 30.3 Å². The smallest absolute Gasteiger partial charge is 0.0726 e. The van der Waals surface area contributed by atoms with Crippen LogP contribution in [0.5, 0.6) is 0 Å². The van der Waals surface area contributed by atoms with Crippen LogP contribution in [-0.4, -0.2) is 11.5 Å². The second kappa shape index (κ2) is 5.64. The Labute approximate surface area is 102 Å². The van der Waals surface area contributed by atoms with Gasteiger partial charge in [0.25, 0.3) is 0 Å². The maximum absolute atomic E-state index is 6.02. The minimum atomic E-state index is 0.787. The maximum Gasteiger partial charge on any atom is 0.0726 e. The van der Waals surface area contributed by atoms with Gasteiger partial charge in [-0.3, -0.25) is 4.98 Å². The molecule has 0 amide bonds. The summed E-state index contributed by atoms with van der Waals surface area (Å²) in [6.45, 7) is 4.01. The van der Waals surface area contributed by atoms with Gasteiger partial charge in [-0.1, -0.05) is 31.5 Å². The second-order valence-corrected chi connectivity index (χ2v) is 4.25. The summed E-state index contributed by atoms with van der Waals surface area (Å²) < 4.78 is 0. The zero-order valence-electron chi connectivity index (χ0n) is 10.2. The lowest BCUT2D eigenvalue weighted by atomic mass is 10.1. The summed E-state index contributed by atoms with van der Waals surface area (Å²) in [6.07, 6.45) is 2.41. The second-order valence-electron chi connectivity index (χ2n) is 4.25. The van der Waals surface area contributed by atoms with E-state index in [1.165, 1.54) is 12.8 Å². The lowest BCUT2D eigenvalue weighted by Crippen LogP contribution is -2.15. The molecule has 1 heterocycles. The monoisotopic (exact) mass is 229 g/mol. The van der Waals surface area contributed by atoms with Crippen LogP contribution in [0.2, 0.25) is 0 Å². The van der Waals surface area contributed by atoms with Crippen LogP contribution in [0.3, 0.4) is 0 Å². The summed E-state index contributed by atoms with van der Waals surface area (Å²) in [5.74, 6) is 0. The number of benzene rings is 1. The molecule has 0 atom stereocenters. The average Bonchev–Trinajstić information content (AvgIpc) is 2.35. The molecule has 0 saturated heterocycles. The number of fused-ring (bicyclic) bond motifs is 1. The van der Waals surface area contributed by atoms with E-state index in [1.54, 1.807) is 0 Å². The molecule has 3 nitrogen and oxygen atoms in total. The summed E-state index contributed by atoms with van der Waals surface area (Å²) >= 11 is 0. The van der Waals surface area contributed by atoms with Crippen LogP contribution < -0.4 is 11.1 Å². The highest BCUT2D eigenvalue weighted by Gasteiger charge is 2.02. The Bertz CT molecular complexity index is 494. The molecular weight excluding hydrogens is 210 g/mol. The predicted molar refractivity (Wildman–Crippen MR) is 72.8 cm³/mol. The zero-order valence-corrected chi connectivity index (χ0v) is 10.2. The molecule has 2 rings (SSSR count). The molecule has 2 aromatic rings. The fourth-order valence-corrected chi connectivity index (χ4v) is 1.87. The molecule has 17 heavy (non-hydrogen) atoms. The fraction of sp³-hybridized carbons (Fsp3) is 0.357. The van der Waals surface area contributed by atoms with Crippen molar-refractivity contribution >= 4 is 16.6 Å². The third-order valence-electron chi connectivity index (χ3n) is 2.81. The standard InChI is InChI=1S/C14H19N3/c1-2-3-8-16-10-11-9-13(15)12-6-4-5-7-14(12)17-11/h4-7,9,16H,2-3,8,10H2,1H3,(H2,15,17). The fourth-order valence-electron chi connectivity index (χ4n) is 1.87. The summed E-state index contributed by atoms with van der Waals surface area (Å²) in [6, 6.07) is 9.94. The Morgan fingerprint density at radius 1 is 1.29 bits per heavy atom. The van der Waals surface area contributed by atoms with Crippen molar-refractivity contribution in [2.24, 2.45) is 0 Å². The summed E-state index contributed by atoms with van der Waals surface area (Å²) in [5, 5.41) is 4.41. The molecule has 0 fully saturated rings. The van der Waals surface area contributed by atoms with Gasteiger partial charge in [0.15, 0.2) is 0 Å². The number of unbranched alkanes of at least 4 members (excludes halogenated alkanes) is 1. The third kappa shape index (κ3) is 2.94. The largest absolute Gasteiger partial charge is 0.398 e. The van der Waals surface area contributed by atoms with Crippen molar-refractivity contribution in [1.29, 1.82) is 0 Å². The molecule has 0 unspecified atom stereocenters. The zero-order chi connectivity index (χ0) is 12.1. The highest BCUT2D eigenvalue weighted by molar-refractivity contribution is 5.90. The molecule has 0 saturated carbocycles. The first kappa shape index (κ1) is 11.9. The van der Waals surface area contributed by atoms with Gasteiger partial charge in [-0.05, 0) is 25.1 Å². The maximum atomic E-state index is 6.02. The first-order valence-corrected chi connectivity index (χ1v) is 6.16. The average molecular weight is 229 g/mol. The Morgan fingerprint density at radius 3 is 2.94 bits per heavy atom. The van der Waals surface area contributed by atoms with E-state index in [2.05, 4.69) is 17.2 Å². The molecule has 3 heteroatoms. The molecular formula is C14H19N3. The Balaban J connectivity index is 2.13. The van der Waals surface area contributed by atoms with E-state index < -0.39 is 0 Å². The minimum absolute atomic E-state index is 0.787. The van der Waals surface area contributed by atoms with E-state index in [9.17, 15) is 0 Å². The van der Waals surface area contributed by atoms with Crippen molar-refractivity contribution in [3.8, 4) is 0 Å². The van der Waals surface area contributed by atoms with Gasteiger partial charge in [0, 0.05) is 17.6 Å². The molecule has 3 N–H and O–H groups in total. The first-order valence-electron chi connectivity index (χ1n) is 6.16. The van der Waals surface area contributed by atoms with E-state index in [4.69, 9.17) is 5.73 Å². The Morgan fingerprint density at radius 2 is 2.12 bits per heavy atom. The number of aromatic nitrogens is 1. The Kier molecular flexibility index (Phi) is 3.94. The van der Waals surface area contributed by atoms with Crippen LogP contribution >= 0.6 is 0 Å². The Hall–Kier alpha value is -1.61. The van der Waals surface area contributed by atoms with Gasteiger partial charge in [0.1, 0.15) is 0 Å². The van der Waals surface area contributed by atoms with Gasteiger partial charge < -0.3 is 11.1 Å². The SMILES string of the molecule is CCCCNCc1cc(N)c2ccccc2n1. The quantitative estimate of drug-likeness (QED) is 0.775. The van der Waals surface area contributed by atoms with Crippen LogP contribution in [0, 0.1) is 0 Å². The first-order chi connectivity index (χ1) is 8.31. The topological polar surface area (TPSA) is 50.9 Å². The van der Waals surface area contributed by atoms with E-state index in [0.29, 0.717) is 0 Å². The molecule has 0 aliphatic carbocycles. The molecule has 1 aromatic heterocycles. The lowest BCUT2D eigenvalue weighted by Gasteiger charge is -2.07. The number of anilines is 1. The van der Waals surface area contributed by atoms with Gasteiger partial charge in [-0.25, -0.2) is 0 Å². The number of hydrogen-bond donors (Lipinski definition) is 2.